The molecule has 1 fully saturated rings. The lowest BCUT2D eigenvalue weighted by Gasteiger charge is -2.26. The average Bonchev–Trinajstić information content (AvgIpc) is 3.16. The van der Waals surface area contributed by atoms with Crippen molar-refractivity contribution in [2.45, 2.75) is 58.2 Å². The smallest absolute Gasteiger partial charge is 0.243 e. The number of nitrogens with one attached hydrogen (secondary N) is 1. The predicted octanol–water partition coefficient (Wildman–Crippen LogP) is 3.11. The van der Waals surface area contributed by atoms with Crippen LogP contribution in [0.4, 0.5) is 0 Å². The van der Waals surface area contributed by atoms with Crippen LogP contribution < -0.4 is 10.1 Å². The van der Waals surface area contributed by atoms with Crippen molar-refractivity contribution < 1.29 is 9.53 Å². The zero-order valence-corrected chi connectivity index (χ0v) is 14.9. The Morgan fingerprint density at radius 2 is 2.16 bits per heavy atom. The van der Waals surface area contributed by atoms with Crippen LogP contribution in [0.25, 0.3) is 0 Å². The molecule has 2 heterocycles. The Labute approximate surface area is 148 Å². The van der Waals surface area contributed by atoms with Gasteiger partial charge in [-0.05, 0) is 50.2 Å². The van der Waals surface area contributed by atoms with E-state index in [1.54, 1.807) is 29.5 Å². The van der Waals surface area contributed by atoms with Gasteiger partial charge in [-0.2, -0.15) is 0 Å². The fraction of sp³-hybridized carbons (Fsp3) is 0.526. The number of hydrogen-bond donors (Lipinski definition) is 1. The maximum atomic E-state index is 12.2. The molecule has 2 aromatic heterocycles. The largest absolute Gasteiger partial charge is 0.474 e. The normalized spacial score (nSPS) is 21.5. The molecular weight excluding hydrogens is 316 g/mol. The van der Waals surface area contributed by atoms with E-state index in [0.717, 1.165) is 24.3 Å². The van der Waals surface area contributed by atoms with Crippen molar-refractivity contribution in [3.05, 3.63) is 42.6 Å². The zero-order chi connectivity index (χ0) is 17.6. The minimum atomic E-state index is -0.288. The van der Waals surface area contributed by atoms with E-state index in [0.29, 0.717) is 12.4 Å². The Balaban J connectivity index is 1.52. The van der Waals surface area contributed by atoms with Crippen molar-refractivity contribution in [2.24, 2.45) is 5.92 Å². The summed E-state index contributed by atoms with van der Waals surface area (Å²) in [5.74, 6) is 1.40. The predicted molar refractivity (Wildman–Crippen MR) is 95.1 cm³/mol. The van der Waals surface area contributed by atoms with Gasteiger partial charge in [0.2, 0.25) is 11.8 Å². The molecule has 6 nitrogen and oxygen atoms in total. The van der Waals surface area contributed by atoms with Gasteiger partial charge < -0.3 is 14.6 Å². The van der Waals surface area contributed by atoms with Crippen molar-refractivity contribution in [3.8, 4) is 5.88 Å². The van der Waals surface area contributed by atoms with Crippen molar-refractivity contribution in [1.29, 1.82) is 0 Å². The molecule has 1 aliphatic rings. The summed E-state index contributed by atoms with van der Waals surface area (Å²) in [6.07, 6.45) is 11.7. The van der Waals surface area contributed by atoms with Crippen LogP contribution in [0.3, 0.4) is 0 Å². The second-order valence-corrected chi connectivity index (χ2v) is 6.91. The third-order valence-corrected chi connectivity index (χ3v) is 4.87. The third kappa shape index (κ3) is 4.81. The van der Waals surface area contributed by atoms with Crippen LogP contribution in [0.5, 0.6) is 5.88 Å². The lowest BCUT2D eigenvalue weighted by Crippen LogP contribution is -2.30. The fourth-order valence-corrected chi connectivity index (χ4v) is 3.11. The summed E-state index contributed by atoms with van der Waals surface area (Å²) in [7, 11) is 0. The first kappa shape index (κ1) is 17.5. The van der Waals surface area contributed by atoms with Crippen LogP contribution in [-0.4, -0.2) is 26.5 Å². The summed E-state index contributed by atoms with van der Waals surface area (Å²) in [6.45, 7) is 4.60. The number of carbonyl (C=O) groups is 1. The van der Waals surface area contributed by atoms with Gasteiger partial charge in [0, 0.05) is 31.2 Å². The maximum Gasteiger partial charge on any atom is 0.243 e. The highest BCUT2D eigenvalue weighted by atomic mass is 16.5. The molecule has 3 rings (SSSR count). The van der Waals surface area contributed by atoms with Crippen LogP contribution in [-0.2, 0) is 11.3 Å². The molecule has 0 aliphatic heterocycles. The highest BCUT2D eigenvalue weighted by molar-refractivity contribution is 5.79. The molecule has 2 aromatic rings. The second-order valence-electron chi connectivity index (χ2n) is 6.91. The first-order valence-corrected chi connectivity index (χ1v) is 8.98. The zero-order valence-electron chi connectivity index (χ0n) is 14.9. The van der Waals surface area contributed by atoms with E-state index in [2.05, 4.69) is 22.2 Å². The Hall–Kier alpha value is -2.37. The van der Waals surface area contributed by atoms with Gasteiger partial charge in [0.05, 0.1) is 6.33 Å². The molecular formula is C19H26N4O2. The molecule has 25 heavy (non-hydrogen) atoms. The molecule has 1 atom stereocenters. The fourth-order valence-electron chi connectivity index (χ4n) is 3.11. The number of nitrogens with zero attached hydrogens (tertiary/aromatic N) is 3. The van der Waals surface area contributed by atoms with Gasteiger partial charge >= 0.3 is 0 Å². The molecule has 6 heteroatoms. The summed E-state index contributed by atoms with van der Waals surface area (Å²) in [4.78, 5) is 20.5. The molecule has 0 bridgehead atoms. The quantitative estimate of drug-likeness (QED) is 0.876. The Morgan fingerprint density at radius 3 is 2.88 bits per heavy atom. The first-order valence-electron chi connectivity index (χ1n) is 8.98. The summed E-state index contributed by atoms with van der Waals surface area (Å²) in [5, 5.41) is 2.95. The van der Waals surface area contributed by atoms with Gasteiger partial charge in [-0.3, -0.25) is 4.79 Å². The molecule has 1 aliphatic carbocycles. The SMILES string of the molecule is CC1CCC(Oc2cc(CNC(=O)C(C)n3ccnc3)ccn2)CC1. The second kappa shape index (κ2) is 8.14. The lowest BCUT2D eigenvalue weighted by molar-refractivity contribution is -0.124. The number of ether oxygens (including phenoxy) is 1. The van der Waals surface area contributed by atoms with E-state index in [9.17, 15) is 4.79 Å². The Bertz CT molecular complexity index is 678. The number of imidazole rings is 1. The molecule has 0 aromatic carbocycles. The molecule has 0 radical (unpaired) electrons. The minimum absolute atomic E-state index is 0.0430. The van der Waals surface area contributed by atoms with Crippen molar-refractivity contribution in [1.82, 2.24) is 19.9 Å². The number of rotatable bonds is 6. The molecule has 1 saturated carbocycles. The standard InChI is InChI=1S/C19H26N4O2/c1-14-3-5-17(6-4-14)25-18-11-16(7-8-21-18)12-22-19(24)15(2)23-10-9-20-13-23/h7-11,13-15,17H,3-6,12H2,1-2H3,(H,22,24). The van der Waals surface area contributed by atoms with Crippen molar-refractivity contribution in [3.63, 3.8) is 0 Å². The number of aromatic nitrogens is 3. The van der Waals surface area contributed by atoms with E-state index >= 15 is 0 Å². The van der Waals surface area contributed by atoms with Gasteiger partial charge in [-0.1, -0.05) is 6.92 Å². The Kier molecular flexibility index (Phi) is 5.68. The van der Waals surface area contributed by atoms with E-state index in [1.807, 2.05) is 19.1 Å². The average molecular weight is 342 g/mol. The van der Waals surface area contributed by atoms with Gasteiger partial charge in [-0.25, -0.2) is 9.97 Å². The number of amides is 1. The molecule has 1 amide bonds. The number of hydrogen-bond acceptors (Lipinski definition) is 4. The topological polar surface area (TPSA) is 69.0 Å². The van der Waals surface area contributed by atoms with Crippen LogP contribution in [0.2, 0.25) is 0 Å². The summed E-state index contributed by atoms with van der Waals surface area (Å²) in [5.41, 5.74) is 0.986. The highest BCUT2D eigenvalue weighted by Crippen LogP contribution is 2.26. The van der Waals surface area contributed by atoms with Crippen LogP contribution >= 0.6 is 0 Å². The van der Waals surface area contributed by atoms with Gasteiger partial charge in [0.25, 0.3) is 0 Å². The molecule has 0 saturated heterocycles. The summed E-state index contributed by atoms with van der Waals surface area (Å²) in [6, 6.07) is 3.53. The molecule has 1 unspecified atom stereocenters. The molecule has 134 valence electrons. The molecule has 1 N–H and O–H groups in total. The monoisotopic (exact) mass is 342 g/mol. The number of carbonyl (C=O) groups excluding carboxylic acids is 1. The lowest BCUT2D eigenvalue weighted by atomic mass is 9.89. The minimum Gasteiger partial charge on any atom is -0.474 e. The van der Waals surface area contributed by atoms with Gasteiger partial charge in [0.1, 0.15) is 12.1 Å². The summed E-state index contributed by atoms with van der Waals surface area (Å²) < 4.78 is 7.80. The van der Waals surface area contributed by atoms with Crippen molar-refractivity contribution in [2.75, 3.05) is 0 Å². The first-order chi connectivity index (χ1) is 12.1. The van der Waals surface area contributed by atoms with Gasteiger partial charge in [-0.15, -0.1) is 0 Å². The number of pyridine rings is 1. The third-order valence-electron chi connectivity index (χ3n) is 4.87. The van der Waals surface area contributed by atoms with Crippen LogP contribution in [0.1, 0.15) is 51.1 Å². The van der Waals surface area contributed by atoms with E-state index in [4.69, 9.17) is 4.74 Å². The van der Waals surface area contributed by atoms with E-state index in [1.165, 1.54) is 12.8 Å². The maximum absolute atomic E-state index is 12.2. The molecule has 0 spiro atoms. The summed E-state index contributed by atoms with van der Waals surface area (Å²) >= 11 is 0. The van der Waals surface area contributed by atoms with Crippen molar-refractivity contribution >= 4 is 5.91 Å². The van der Waals surface area contributed by atoms with E-state index < -0.39 is 0 Å². The van der Waals surface area contributed by atoms with Crippen LogP contribution in [0.15, 0.2) is 37.1 Å². The Morgan fingerprint density at radius 1 is 1.36 bits per heavy atom. The van der Waals surface area contributed by atoms with Crippen LogP contribution in [0, 0.1) is 5.92 Å². The van der Waals surface area contributed by atoms with E-state index in [-0.39, 0.29) is 18.1 Å². The van der Waals surface area contributed by atoms with Gasteiger partial charge in [0.15, 0.2) is 0 Å². The highest BCUT2D eigenvalue weighted by Gasteiger charge is 2.20.